The molecule has 7 nitrogen and oxygen atoms in total. The van der Waals surface area contributed by atoms with E-state index in [1.54, 1.807) is 0 Å². The number of nitrogens with one attached hydrogen (secondary N) is 1. The van der Waals surface area contributed by atoms with Crippen molar-refractivity contribution in [3.05, 3.63) is 59.7 Å². The number of ether oxygens (including phenoxy) is 1. The Morgan fingerprint density at radius 2 is 1.70 bits per heavy atom. The van der Waals surface area contributed by atoms with Crippen molar-refractivity contribution in [2.75, 3.05) is 19.7 Å². The van der Waals surface area contributed by atoms with Crippen LogP contribution in [0.15, 0.2) is 48.5 Å². The molecular weight excluding hydrogens is 420 g/mol. The van der Waals surface area contributed by atoms with Crippen LogP contribution in [-0.4, -0.2) is 53.7 Å². The Kier molecular flexibility index (Phi) is 6.96. The minimum atomic E-state index is -0.970. The molecule has 1 heterocycles. The number of rotatable bonds is 7. The number of piperidine rings is 1. The van der Waals surface area contributed by atoms with Crippen molar-refractivity contribution in [3.63, 3.8) is 0 Å². The van der Waals surface area contributed by atoms with Crippen LogP contribution >= 0.6 is 0 Å². The van der Waals surface area contributed by atoms with E-state index in [0.29, 0.717) is 19.4 Å². The second kappa shape index (κ2) is 10.1. The van der Waals surface area contributed by atoms with Crippen LogP contribution in [0.1, 0.15) is 49.7 Å². The molecule has 0 saturated carbocycles. The lowest BCUT2D eigenvalue weighted by atomic mass is 9.97. The molecule has 1 aliphatic carbocycles. The molecule has 2 N–H and O–H groups in total. The molecule has 2 aliphatic rings. The maximum Gasteiger partial charge on any atom is 0.407 e. The summed E-state index contributed by atoms with van der Waals surface area (Å²) in [7, 11) is 0. The summed E-state index contributed by atoms with van der Waals surface area (Å²) in [5.41, 5.74) is 4.59. The molecule has 0 bridgehead atoms. The van der Waals surface area contributed by atoms with Gasteiger partial charge in [-0.3, -0.25) is 4.79 Å². The second-order valence-electron chi connectivity index (χ2n) is 8.69. The molecule has 0 spiro atoms. The normalized spacial score (nSPS) is 18.2. The monoisotopic (exact) mass is 450 g/mol. The van der Waals surface area contributed by atoms with Crippen molar-refractivity contribution >= 4 is 18.0 Å². The van der Waals surface area contributed by atoms with Crippen LogP contribution in [0.3, 0.4) is 0 Å². The van der Waals surface area contributed by atoms with Crippen LogP contribution in [-0.2, 0) is 14.3 Å². The van der Waals surface area contributed by atoms with Crippen molar-refractivity contribution in [1.29, 1.82) is 0 Å². The van der Waals surface area contributed by atoms with E-state index in [9.17, 15) is 19.5 Å². The smallest absolute Gasteiger partial charge is 0.407 e. The third-order valence-corrected chi connectivity index (χ3v) is 6.75. The molecule has 4 rings (SSSR count). The summed E-state index contributed by atoms with van der Waals surface area (Å²) in [6, 6.07) is 15.5. The van der Waals surface area contributed by atoms with Crippen LogP contribution in [0.4, 0.5) is 4.79 Å². The van der Waals surface area contributed by atoms with Gasteiger partial charge in [0, 0.05) is 19.0 Å². The Bertz CT molecular complexity index is 991. The van der Waals surface area contributed by atoms with Crippen molar-refractivity contribution in [1.82, 2.24) is 10.2 Å². The number of aliphatic carboxylic acids is 1. The molecule has 2 aromatic rings. The van der Waals surface area contributed by atoms with Crippen LogP contribution in [0.25, 0.3) is 11.1 Å². The SMILES string of the molecule is CCC(CNC(=O)OCC1c2ccccc2-c2ccccc21)C(=O)N1CCCC[C@@H]1C(=O)O. The molecule has 1 saturated heterocycles. The Labute approximate surface area is 193 Å². The number of carboxylic acid groups (broad SMARTS) is 1. The van der Waals surface area contributed by atoms with Gasteiger partial charge in [-0.25, -0.2) is 9.59 Å². The number of alkyl carbamates (subject to hydrolysis) is 1. The van der Waals surface area contributed by atoms with E-state index in [2.05, 4.69) is 29.6 Å². The molecule has 2 aromatic carbocycles. The third kappa shape index (κ3) is 4.72. The van der Waals surface area contributed by atoms with Gasteiger partial charge in [-0.2, -0.15) is 0 Å². The third-order valence-electron chi connectivity index (χ3n) is 6.75. The zero-order chi connectivity index (χ0) is 23.4. The van der Waals surface area contributed by atoms with E-state index < -0.39 is 24.0 Å². The Morgan fingerprint density at radius 1 is 1.06 bits per heavy atom. The molecule has 174 valence electrons. The van der Waals surface area contributed by atoms with Crippen LogP contribution in [0.5, 0.6) is 0 Å². The van der Waals surface area contributed by atoms with Gasteiger partial charge in [0.05, 0.1) is 5.92 Å². The largest absolute Gasteiger partial charge is 0.480 e. The minimum absolute atomic E-state index is 0.0311. The van der Waals surface area contributed by atoms with Gasteiger partial charge in [0.15, 0.2) is 0 Å². The molecule has 33 heavy (non-hydrogen) atoms. The van der Waals surface area contributed by atoms with E-state index in [4.69, 9.17) is 4.74 Å². The van der Waals surface area contributed by atoms with Gasteiger partial charge >= 0.3 is 12.1 Å². The Morgan fingerprint density at radius 3 is 2.30 bits per heavy atom. The summed E-state index contributed by atoms with van der Waals surface area (Å²) in [6.45, 7) is 2.63. The number of carbonyl (C=O) groups is 3. The summed E-state index contributed by atoms with van der Waals surface area (Å²) in [5, 5.41) is 12.2. The lowest BCUT2D eigenvalue weighted by Crippen LogP contribution is -2.51. The molecule has 0 radical (unpaired) electrons. The molecule has 7 heteroatoms. The van der Waals surface area contributed by atoms with Gasteiger partial charge in [-0.1, -0.05) is 55.5 Å². The average Bonchev–Trinajstić information content (AvgIpc) is 3.16. The van der Waals surface area contributed by atoms with E-state index >= 15 is 0 Å². The number of hydrogen-bond acceptors (Lipinski definition) is 4. The highest BCUT2D eigenvalue weighted by Gasteiger charge is 2.35. The van der Waals surface area contributed by atoms with E-state index in [-0.39, 0.29) is 25.0 Å². The fourth-order valence-corrected chi connectivity index (χ4v) is 4.95. The number of fused-ring (bicyclic) bond motifs is 3. The number of hydrogen-bond donors (Lipinski definition) is 2. The summed E-state index contributed by atoms with van der Waals surface area (Å²) < 4.78 is 5.55. The number of nitrogens with zero attached hydrogens (tertiary/aromatic N) is 1. The zero-order valence-electron chi connectivity index (χ0n) is 18.8. The van der Waals surface area contributed by atoms with Crippen LogP contribution in [0, 0.1) is 5.92 Å². The summed E-state index contributed by atoms with van der Waals surface area (Å²) in [4.78, 5) is 38.4. The van der Waals surface area contributed by atoms with Crippen LogP contribution < -0.4 is 5.32 Å². The van der Waals surface area contributed by atoms with Gasteiger partial charge < -0.3 is 20.1 Å². The molecular formula is C26H30N2O5. The quantitative estimate of drug-likeness (QED) is 0.664. The van der Waals surface area contributed by atoms with Gasteiger partial charge in [0.1, 0.15) is 12.6 Å². The lowest BCUT2D eigenvalue weighted by Gasteiger charge is -2.35. The number of amides is 2. The lowest BCUT2D eigenvalue weighted by molar-refractivity contribution is -0.153. The van der Waals surface area contributed by atoms with Crippen LogP contribution in [0.2, 0.25) is 0 Å². The number of carboxylic acids is 1. The van der Waals surface area contributed by atoms with Crippen molar-refractivity contribution in [2.45, 2.75) is 44.6 Å². The topological polar surface area (TPSA) is 95.9 Å². The van der Waals surface area contributed by atoms with E-state index in [0.717, 1.165) is 35.1 Å². The van der Waals surface area contributed by atoms with Gasteiger partial charge in [0.2, 0.25) is 5.91 Å². The molecule has 0 aromatic heterocycles. The zero-order valence-corrected chi connectivity index (χ0v) is 18.8. The van der Waals surface area contributed by atoms with Crippen molar-refractivity contribution in [3.8, 4) is 11.1 Å². The number of carbonyl (C=O) groups excluding carboxylic acids is 2. The number of likely N-dealkylation sites (tertiary alicyclic amines) is 1. The highest BCUT2D eigenvalue weighted by atomic mass is 16.5. The first-order chi connectivity index (χ1) is 16.0. The van der Waals surface area contributed by atoms with Crippen molar-refractivity contribution < 1.29 is 24.2 Å². The maximum absolute atomic E-state index is 13.0. The van der Waals surface area contributed by atoms with Gasteiger partial charge in [0.25, 0.3) is 0 Å². The predicted octanol–water partition coefficient (Wildman–Crippen LogP) is 4.02. The Hall–Kier alpha value is -3.35. The first-order valence-corrected chi connectivity index (χ1v) is 11.6. The predicted molar refractivity (Wildman–Crippen MR) is 124 cm³/mol. The number of benzene rings is 2. The molecule has 1 fully saturated rings. The first kappa shape index (κ1) is 22.8. The summed E-state index contributed by atoms with van der Waals surface area (Å²) in [5.74, 6) is -1.70. The minimum Gasteiger partial charge on any atom is -0.480 e. The highest BCUT2D eigenvalue weighted by Crippen LogP contribution is 2.44. The van der Waals surface area contributed by atoms with E-state index in [1.165, 1.54) is 4.90 Å². The molecule has 1 aliphatic heterocycles. The van der Waals surface area contributed by atoms with Crippen molar-refractivity contribution in [2.24, 2.45) is 5.92 Å². The summed E-state index contributed by atoms with van der Waals surface area (Å²) in [6.07, 6.45) is 2.00. The summed E-state index contributed by atoms with van der Waals surface area (Å²) >= 11 is 0. The molecule has 1 unspecified atom stereocenters. The average molecular weight is 451 g/mol. The first-order valence-electron chi connectivity index (χ1n) is 11.6. The second-order valence-corrected chi connectivity index (χ2v) is 8.69. The van der Waals surface area contributed by atoms with Gasteiger partial charge in [-0.15, -0.1) is 0 Å². The van der Waals surface area contributed by atoms with Gasteiger partial charge in [-0.05, 0) is 47.9 Å². The Balaban J connectivity index is 1.35. The fraction of sp³-hybridized carbons (Fsp3) is 0.423. The highest BCUT2D eigenvalue weighted by molar-refractivity contribution is 5.86. The fourth-order valence-electron chi connectivity index (χ4n) is 4.95. The van der Waals surface area contributed by atoms with E-state index in [1.807, 2.05) is 31.2 Å². The maximum atomic E-state index is 13.0. The standard InChI is InChI=1S/C26H30N2O5/c1-2-17(24(29)28-14-8-7-13-23(28)25(30)31)15-27-26(32)33-16-22-20-11-5-3-9-18(20)19-10-4-6-12-21(19)22/h3-6,9-12,17,22-23H,2,7-8,13-16H2,1H3,(H,27,32)(H,30,31)/t17?,23-/m1/s1. The molecule has 2 amide bonds. The molecule has 2 atom stereocenters.